The lowest BCUT2D eigenvalue weighted by molar-refractivity contribution is 1.18. The second-order valence-corrected chi connectivity index (χ2v) is 17.6. The molecule has 0 aliphatic carbocycles. The van der Waals surface area contributed by atoms with E-state index in [1.54, 1.807) is 0 Å². The first kappa shape index (κ1) is 35.7. The molecule has 10 aromatic carbocycles. The largest absolute Gasteiger partial charge is 0.309 e. The Morgan fingerprint density at radius 3 is 1.56 bits per heavy atom. The number of hydrogen-bond acceptors (Lipinski definition) is 1. The highest BCUT2D eigenvalue weighted by Crippen LogP contribution is 2.43. The minimum Gasteiger partial charge on any atom is -0.309 e. The lowest BCUT2D eigenvalue weighted by atomic mass is 9.91. The summed E-state index contributed by atoms with van der Waals surface area (Å²) in [5, 5.41) is 7.59. The predicted molar refractivity (Wildman–Crippen MR) is 270 cm³/mol. The van der Waals surface area contributed by atoms with Gasteiger partial charge in [0, 0.05) is 58.7 Å². The molecular weight excluding hydrogens is 781 g/mol. The normalized spacial score (nSPS) is 11.8. The summed E-state index contributed by atoms with van der Waals surface area (Å²) in [4.78, 5) is 0. The van der Waals surface area contributed by atoms with Crippen LogP contribution in [-0.4, -0.2) is 9.13 Å². The molecule has 0 N–H and O–H groups in total. The number of thiophene rings is 1. The molecule has 0 spiro atoms. The Morgan fingerprint density at radius 1 is 0.254 bits per heavy atom. The first-order valence-corrected chi connectivity index (χ1v) is 22.4. The van der Waals surface area contributed by atoms with Crippen molar-refractivity contribution in [2.45, 2.75) is 0 Å². The second-order valence-electron chi connectivity index (χ2n) is 16.5. The Bertz CT molecular complexity index is 3890. The molecule has 0 saturated carbocycles. The highest BCUT2D eigenvalue weighted by molar-refractivity contribution is 7.25. The third-order valence-electron chi connectivity index (χ3n) is 12.9. The average molecular weight is 819 g/mol. The summed E-state index contributed by atoms with van der Waals surface area (Å²) in [6, 6.07) is 84.9. The van der Waals surface area contributed by atoms with E-state index in [2.05, 4.69) is 240 Å². The van der Waals surface area contributed by atoms with E-state index in [4.69, 9.17) is 0 Å². The van der Waals surface area contributed by atoms with Gasteiger partial charge in [0.05, 0.1) is 22.1 Å². The zero-order valence-corrected chi connectivity index (χ0v) is 35.1. The van der Waals surface area contributed by atoms with Gasteiger partial charge in [0.2, 0.25) is 0 Å². The van der Waals surface area contributed by atoms with Crippen molar-refractivity contribution in [3.8, 4) is 55.9 Å². The zero-order valence-electron chi connectivity index (χ0n) is 34.2. The molecule has 2 nitrogen and oxygen atoms in total. The second kappa shape index (κ2) is 14.3. The Morgan fingerprint density at radius 2 is 0.778 bits per heavy atom. The van der Waals surface area contributed by atoms with Crippen molar-refractivity contribution in [1.29, 1.82) is 0 Å². The highest BCUT2D eigenvalue weighted by Gasteiger charge is 2.19. The van der Waals surface area contributed by atoms with Gasteiger partial charge in [-0.3, -0.25) is 0 Å². The number of hydrogen-bond donors (Lipinski definition) is 0. The lowest BCUT2D eigenvalue weighted by Crippen LogP contribution is -1.96. The highest BCUT2D eigenvalue weighted by atomic mass is 32.1. The van der Waals surface area contributed by atoms with Crippen LogP contribution in [0.3, 0.4) is 0 Å². The first-order valence-electron chi connectivity index (χ1n) is 21.6. The first-order chi connectivity index (χ1) is 31.2. The summed E-state index contributed by atoms with van der Waals surface area (Å²) in [5.74, 6) is 0. The van der Waals surface area contributed by atoms with Gasteiger partial charge >= 0.3 is 0 Å². The minimum atomic E-state index is 1.14. The van der Waals surface area contributed by atoms with Gasteiger partial charge in [0.15, 0.2) is 0 Å². The van der Waals surface area contributed by atoms with Crippen LogP contribution in [-0.2, 0) is 0 Å². The summed E-state index contributed by atoms with van der Waals surface area (Å²) in [6.45, 7) is 0. The Labute approximate surface area is 368 Å². The minimum absolute atomic E-state index is 1.14. The number of aromatic nitrogens is 2. The van der Waals surface area contributed by atoms with Gasteiger partial charge in [-0.1, -0.05) is 152 Å². The zero-order chi connectivity index (χ0) is 41.4. The molecule has 0 unspecified atom stereocenters. The molecule has 3 aromatic heterocycles. The maximum Gasteiger partial charge on any atom is 0.0619 e. The fraction of sp³-hybridized carbons (Fsp3) is 0. The fourth-order valence-corrected chi connectivity index (χ4v) is 11.1. The molecule has 0 saturated heterocycles. The van der Waals surface area contributed by atoms with Crippen molar-refractivity contribution in [2.75, 3.05) is 0 Å². The molecule has 3 heteroatoms. The predicted octanol–water partition coefficient (Wildman–Crippen LogP) is 16.9. The van der Waals surface area contributed by atoms with Crippen molar-refractivity contribution < 1.29 is 0 Å². The summed E-state index contributed by atoms with van der Waals surface area (Å²) in [7, 11) is 0. The summed E-state index contributed by atoms with van der Waals surface area (Å²) in [6.07, 6.45) is 0. The summed E-state index contributed by atoms with van der Waals surface area (Å²) >= 11 is 1.87. The molecule has 13 rings (SSSR count). The van der Waals surface area contributed by atoms with Gasteiger partial charge in [-0.15, -0.1) is 11.3 Å². The quantitative estimate of drug-likeness (QED) is 0.158. The van der Waals surface area contributed by atoms with Gasteiger partial charge in [0.25, 0.3) is 0 Å². The lowest BCUT2D eigenvalue weighted by Gasteiger charge is -2.15. The summed E-state index contributed by atoms with van der Waals surface area (Å²) < 4.78 is 7.51. The molecule has 0 radical (unpaired) electrons. The Balaban J connectivity index is 1.06. The topological polar surface area (TPSA) is 9.86 Å². The molecule has 63 heavy (non-hydrogen) atoms. The molecule has 13 aromatic rings. The van der Waals surface area contributed by atoms with Crippen molar-refractivity contribution >= 4 is 75.1 Å². The van der Waals surface area contributed by atoms with Crippen molar-refractivity contribution in [2.24, 2.45) is 0 Å². The van der Waals surface area contributed by atoms with E-state index in [1.807, 2.05) is 11.3 Å². The van der Waals surface area contributed by atoms with Gasteiger partial charge in [-0.2, -0.15) is 0 Å². The van der Waals surface area contributed by atoms with Crippen LogP contribution in [0, 0.1) is 0 Å². The Kier molecular flexibility index (Phi) is 8.12. The number of nitrogens with zero attached hydrogens (tertiary/aromatic N) is 2. The maximum absolute atomic E-state index is 2.45. The molecule has 0 aliphatic rings. The number of fused-ring (bicyclic) bond motifs is 9. The van der Waals surface area contributed by atoms with Crippen molar-refractivity contribution in [1.82, 2.24) is 9.13 Å². The van der Waals surface area contributed by atoms with Crippen LogP contribution >= 0.6 is 11.3 Å². The van der Waals surface area contributed by atoms with E-state index in [-0.39, 0.29) is 0 Å². The van der Waals surface area contributed by atoms with Crippen LogP contribution < -0.4 is 0 Å². The van der Waals surface area contributed by atoms with Crippen molar-refractivity contribution in [3.05, 3.63) is 231 Å². The smallest absolute Gasteiger partial charge is 0.0619 e. The standard InChI is InChI=1S/C60H38N2S/c1-3-14-39(15-4-1)40-26-30-47(31-27-40)61-55-23-10-7-18-49(55)51-32-28-42(38-57(51)61)44-34-43(41-29-33-59-54(37-41)52-20-9-12-25-58(52)63-59)35-45(36-44)48-21-13-22-53-50-19-8-11-24-56(50)62(60(48)53)46-16-5-2-6-17-46/h1-38H. The molecular formula is C60H38N2S. The average Bonchev–Trinajstić information content (AvgIpc) is 4.02. The molecule has 0 bridgehead atoms. The molecule has 0 atom stereocenters. The van der Waals surface area contributed by atoms with Crippen LogP contribution in [0.1, 0.15) is 0 Å². The van der Waals surface area contributed by atoms with Crippen LogP contribution in [0.4, 0.5) is 0 Å². The van der Waals surface area contributed by atoms with E-state index >= 15 is 0 Å². The van der Waals surface area contributed by atoms with E-state index in [0.29, 0.717) is 0 Å². The van der Waals surface area contributed by atoms with Crippen molar-refractivity contribution in [3.63, 3.8) is 0 Å². The number of benzene rings is 10. The molecule has 0 fully saturated rings. The van der Waals surface area contributed by atoms with Crippen LogP contribution in [0.15, 0.2) is 231 Å². The van der Waals surface area contributed by atoms with E-state index in [1.165, 1.54) is 108 Å². The molecule has 3 heterocycles. The van der Waals surface area contributed by atoms with E-state index in [9.17, 15) is 0 Å². The molecule has 0 amide bonds. The van der Waals surface area contributed by atoms with Gasteiger partial charge in [-0.05, 0) is 118 Å². The monoisotopic (exact) mass is 818 g/mol. The maximum atomic E-state index is 2.45. The van der Waals surface area contributed by atoms with Crippen LogP contribution in [0.2, 0.25) is 0 Å². The summed E-state index contributed by atoms with van der Waals surface area (Å²) in [5.41, 5.74) is 16.6. The Hall–Kier alpha value is -7.98. The SMILES string of the molecule is c1ccc(-c2ccc(-n3c4ccccc4c4ccc(-c5cc(-c6ccc7sc8ccccc8c7c6)cc(-c6cccc7c8ccccc8n(-c8ccccc8)c67)c5)cc43)cc2)cc1. The fourth-order valence-electron chi connectivity index (χ4n) is 9.98. The van der Waals surface area contributed by atoms with Crippen LogP contribution in [0.25, 0.3) is 120 Å². The number of rotatable bonds is 6. The van der Waals surface area contributed by atoms with Crippen LogP contribution in [0.5, 0.6) is 0 Å². The van der Waals surface area contributed by atoms with Gasteiger partial charge in [0.1, 0.15) is 0 Å². The number of para-hydroxylation sites is 4. The van der Waals surface area contributed by atoms with Gasteiger partial charge < -0.3 is 9.13 Å². The van der Waals surface area contributed by atoms with E-state index < -0.39 is 0 Å². The molecule has 0 aliphatic heterocycles. The molecule has 294 valence electrons. The van der Waals surface area contributed by atoms with E-state index in [0.717, 1.165) is 11.4 Å². The third-order valence-corrected chi connectivity index (χ3v) is 14.1. The van der Waals surface area contributed by atoms with Gasteiger partial charge in [-0.25, -0.2) is 0 Å². The third kappa shape index (κ3) is 5.78.